The second kappa shape index (κ2) is 5.03. The first-order chi connectivity index (χ1) is 8.77. The summed E-state index contributed by atoms with van der Waals surface area (Å²) in [4.78, 5) is 2.36. The second-order valence-corrected chi connectivity index (χ2v) is 6.07. The van der Waals surface area contributed by atoms with Crippen molar-refractivity contribution >= 4 is 18.2 Å². The van der Waals surface area contributed by atoms with Crippen LogP contribution >= 0.6 is 12.2 Å². The molecule has 0 aromatic carbocycles. The summed E-state index contributed by atoms with van der Waals surface area (Å²) >= 11 is 5.35. The third-order valence-electron chi connectivity index (χ3n) is 4.29. The molecule has 5 heteroatoms. The maximum atomic E-state index is 5.35. The van der Waals surface area contributed by atoms with E-state index in [9.17, 15) is 0 Å². The Morgan fingerprint density at radius 1 is 1.17 bits per heavy atom. The Hall–Kier alpha value is -0.840. The van der Waals surface area contributed by atoms with E-state index < -0.39 is 0 Å². The molecule has 100 valence electrons. The summed E-state index contributed by atoms with van der Waals surface area (Å²) in [5, 5.41) is 7.42. The molecule has 2 aliphatic carbocycles. The summed E-state index contributed by atoms with van der Waals surface area (Å²) < 4.78 is 3.01. The van der Waals surface area contributed by atoms with E-state index in [1.807, 2.05) is 0 Å². The molecule has 1 heterocycles. The normalized spacial score (nSPS) is 21.8. The maximum Gasteiger partial charge on any atom is 0.225 e. The van der Waals surface area contributed by atoms with Gasteiger partial charge in [0.2, 0.25) is 5.95 Å². The number of hydrogen-bond acceptors (Lipinski definition) is 3. The van der Waals surface area contributed by atoms with Crippen LogP contribution in [-0.4, -0.2) is 27.9 Å². The van der Waals surface area contributed by atoms with Crippen molar-refractivity contribution in [2.24, 2.45) is 0 Å². The van der Waals surface area contributed by atoms with E-state index in [4.69, 9.17) is 12.2 Å². The predicted molar refractivity (Wildman–Crippen MR) is 75.6 cm³/mol. The third-order valence-corrected chi connectivity index (χ3v) is 4.57. The lowest BCUT2D eigenvalue weighted by Gasteiger charge is -2.28. The minimum atomic E-state index is 0.597. The van der Waals surface area contributed by atoms with E-state index in [0.717, 1.165) is 10.7 Å². The van der Waals surface area contributed by atoms with Crippen LogP contribution in [0.15, 0.2) is 0 Å². The van der Waals surface area contributed by atoms with Crippen LogP contribution in [0.1, 0.15) is 57.4 Å². The Balaban J connectivity index is 1.82. The highest BCUT2D eigenvalue weighted by atomic mass is 32.1. The summed E-state index contributed by atoms with van der Waals surface area (Å²) in [6.45, 7) is 0. The first-order valence-corrected chi connectivity index (χ1v) is 7.58. The third kappa shape index (κ3) is 2.32. The van der Waals surface area contributed by atoms with Gasteiger partial charge in [0.15, 0.2) is 4.77 Å². The maximum absolute atomic E-state index is 5.35. The number of aromatic amines is 1. The molecule has 0 radical (unpaired) electrons. The van der Waals surface area contributed by atoms with Crippen molar-refractivity contribution in [1.82, 2.24) is 14.8 Å². The monoisotopic (exact) mass is 266 g/mol. The number of aromatic nitrogens is 3. The molecule has 2 saturated carbocycles. The van der Waals surface area contributed by atoms with Crippen LogP contribution in [0.25, 0.3) is 0 Å². The SMILES string of the molecule is CN(c1n[nH]c(=S)n1C1CC1)C1CCCCCC1. The molecule has 1 aromatic rings. The molecule has 0 spiro atoms. The zero-order chi connectivity index (χ0) is 12.5. The molecule has 18 heavy (non-hydrogen) atoms. The van der Waals surface area contributed by atoms with Crippen molar-refractivity contribution in [3.05, 3.63) is 4.77 Å². The molecule has 3 rings (SSSR count). The highest BCUT2D eigenvalue weighted by Gasteiger charge is 2.30. The smallest absolute Gasteiger partial charge is 0.225 e. The van der Waals surface area contributed by atoms with Gasteiger partial charge >= 0.3 is 0 Å². The van der Waals surface area contributed by atoms with E-state index >= 15 is 0 Å². The Labute approximate surface area is 113 Å². The van der Waals surface area contributed by atoms with Crippen molar-refractivity contribution in [2.75, 3.05) is 11.9 Å². The Bertz CT molecular complexity index is 452. The molecule has 1 N–H and O–H groups in total. The van der Waals surface area contributed by atoms with Gasteiger partial charge in [0.25, 0.3) is 0 Å². The molecule has 4 nitrogen and oxygen atoms in total. The van der Waals surface area contributed by atoms with Crippen molar-refractivity contribution in [3.8, 4) is 0 Å². The molecule has 0 saturated heterocycles. The van der Waals surface area contributed by atoms with Crippen molar-refractivity contribution in [3.63, 3.8) is 0 Å². The zero-order valence-electron chi connectivity index (χ0n) is 11.1. The number of nitrogens with zero attached hydrogens (tertiary/aromatic N) is 3. The lowest BCUT2D eigenvalue weighted by Crippen LogP contribution is -2.33. The van der Waals surface area contributed by atoms with E-state index in [1.54, 1.807) is 0 Å². The van der Waals surface area contributed by atoms with E-state index in [-0.39, 0.29) is 0 Å². The van der Waals surface area contributed by atoms with Crippen LogP contribution in [0, 0.1) is 4.77 Å². The molecule has 0 amide bonds. The minimum absolute atomic E-state index is 0.597. The molecular formula is C13H22N4S. The molecule has 0 bridgehead atoms. The van der Waals surface area contributed by atoms with Crippen LogP contribution in [-0.2, 0) is 0 Å². The lowest BCUT2D eigenvalue weighted by atomic mass is 10.1. The van der Waals surface area contributed by atoms with Gasteiger partial charge in [0.1, 0.15) is 0 Å². The van der Waals surface area contributed by atoms with Gasteiger partial charge in [-0.15, -0.1) is 5.10 Å². The number of rotatable bonds is 3. The standard InChI is InChI=1S/C13H22N4S/c1-16(10-6-4-2-3-5-7-10)12-14-15-13(18)17(12)11-8-9-11/h10-11H,2-9H2,1H3,(H,15,18). The topological polar surface area (TPSA) is 36.9 Å². The van der Waals surface area contributed by atoms with E-state index in [2.05, 4.69) is 26.7 Å². The van der Waals surface area contributed by atoms with E-state index in [1.165, 1.54) is 51.4 Å². The molecular weight excluding hydrogens is 244 g/mol. The Morgan fingerprint density at radius 3 is 2.44 bits per heavy atom. The van der Waals surface area contributed by atoms with Gasteiger partial charge in [-0.2, -0.15) is 0 Å². The summed E-state index contributed by atoms with van der Waals surface area (Å²) in [7, 11) is 2.18. The van der Waals surface area contributed by atoms with E-state index in [0.29, 0.717) is 12.1 Å². The second-order valence-electron chi connectivity index (χ2n) is 5.69. The Kier molecular flexibility index (Phi) is 3.41. The summed E-state index contributed by atoms with van der Waals surface area (Å²) in [5.74, 6) is 1.05. The van der Waals surface area contributed by atoms with Crippen molar-refractivity contribution in [2.45, 2.75) is 63.5 Å². The molecule has 2 aliphatic rings. The predicted octanol–water partition coefficient (Wildman–Crippen LogP) is 3.43. The molecule has 2 fully saturated rings. The summed E-state index contributed by atoms with van der Waals surface area (Å²) in [6, 6.07) is 1.23. The Morgan fingerprint density at radius 2 is 1.83 bits per heavy atom. The largest absolute Gasteiger partial charge is 0.341 e. The first kappa shape index (κ1) is 12.2. The average molecular weight is 266 g/mol. The fraction of sp³-hybridized carbons (Fsp3) is 0.846. The molecule has 1 aromatic heterocycles. The lowest BCUT2D eigenvalue weighted by molar-refractivity contribution is 0.533. The first-order valence-electron chi connectivity index (χ1n) is 7.17. The van der Waals surface area contributed by atoms with Crippen LogP contribution in [0.3, 0.4) is 0 Å². The zero-order valence-corrected chi connectivity index (χ0v) is 11.9. The fourth-order valence-electron chi connectivity index (χ4n) is 3.02. The van der Waals surface area contributed by atoms with Crippen LogP contribution in [0.2, 0.25) is 0 Å². The number of nitrogens with one attached hydrogen (secondary N) is 1. The fourth-order valence-corrected chi connectivity index (χ4v) is 3.29. The number of H-pyrrole nitrogens is 1. The van der Waals surface area contributed by atoms with Crippen LogP contribution < -0.4 is 4.90 Å². The number of anilines is 1. The van der Waals surface area contributed by atoms with Gasteiger partial charge in [-0.1, -0.05) is 25.7 Å². The van der Waals surface area contributed by atoms with Gasteiger partial charge in [-0.05, 0) is 37.9 Å². The van der Waals surface area contributed by atoms with Gasteiger partial charge in [-0.3, -0.25) is 4.57 Å². The van der Waals surface area contributed by atoms with Gasteiger partial charge in [0, 0.05) is 19.1 Å². The summed E-state index contributed by atoms with van der Waals surface area (Å²) in [6.07, 6.45) is 10.6. The highest BCUT2D eigenvalue weighted by Crippen LogP contribution is 2.38. The van der Waals surface area contributed by atoms with Crippen molar-refractivity contribution < 1.29 is 0 Å². The minimum Gasteiger partial charge on any atom is -0.341 e. The average Bonchev–Trinajstić information content (AvgIpc) is 3.16. The van der Waals surface area contributed by atoms with Gasteiger partial charge < -0.3 is 4.90 Å². The van der Waals surface area contributed by atoms with Gasteiger partial charge in [-0.25, -0.2) is 5.10 Å². The molecule has 0 aliphatic heterocycles. The summed E-state index contributed by atoms with van der Waals surface area (Å²) in [5.41, 5.74) is 0. The quantitative estimate of drug-likeness (QED) is 0.672. The van der Waals surface area contributed by atoms with Crippen LogP contribution in [0.4, 0.5) is 5.95 Å². The van der Waals surface area contributed by atoms with Crippen molar-refractivity contribution in [1.29, 1.82) is 0 Å². The highest BCUT2D eigenvalue weighted by molar-refractivity contribution is 7.71. The van der Waals surface area contributed by atoms with Crippen LogP contribution in [0.5, 0.6) is 0 Å². The molecule has 0 atom stereocenters. The number of hydrogen-bond donors (Lipinski definition) is 1. The van der Waals surface area contributed by atoms with Gasteiger partial charge in [0.05, 0.1) is 0 Å². The molecule has 0 unspecified atom stereocenters.